The zero-order valence-corrected chi connectivity index (χ0v) is 16.9. The maximum absolute atomic E-state index is 12.2. The molecule has 140 valence electrons. The molecule has 1 atom stereocenters. The molecule has 0 saturated heterocycles. The van der Waals surface area contributed by atoms with Crippen molar-refractivity contribution in [3.63, 3.8) is 0 Å². The van der Waals surface area contributed by atoms with Crippen LogP contribution in [-0.2, 0) is 4.79 Å². The van der Waals surface area contributed by atoms with Gasteiger partial charge in [-0.15, -0.1) is 10.2 Å². The summed E-state index contributed by atoms with van der Waals surface area (Å²) < 4.78 is 5.68. The van der Waals surface area contributed by atoms with Crippen LogP contribution in [0.4, 0.5) is 0 Å². The van der Waals surface area contributed by atoms with Gasteiger partial charge in [0.05, 0.1) is 11.8 Å². The first-order chi connectivity index (χ1) is 12.9. The molecule has 1 N–H and O–H groups in total. The first-order valence-corrected chi connectivity index (χ1v) is 9.87. The Morgan fingerprint density at radius 3 is 2.59 bits per heavy atom. The number of amides is 1. The molecule has 0 bridgehead atoms. The van der Waals surface area contributed by atoms with Crippen LogP contribution in [0.2, 0.25) is 5.02 Å². The standard InChI is InChI=1S/C20H20ClN3O2S/c1-12-8-13(2)10-15(9-12)19-23-24-20(26-19)27-11-18(25)22-14(3)16-6-4-5-7-17(16)21/h4-10,14H,11H2,1-3H3,(H,22,25)/t14-/m0/s1. The second-order valence-corrected chi connectivity index (χ2v) is 7.68. The van der Waals surface area contributed by atoms with Crippen LogP contribution in [-0.4, -0.2) is 21.9 Å². The number of hydrogen-bond acceptors (Lipinski definition) is 5. The minimum atomic E-state index is -0.180. The van der Waals surface area contributed by atoms with E-state index in [1.807, 2.05) is 51.1 Å². The van der Waals surface area contributed by atoms with E-state index in [-0.39, 0.29) is 17.7 Å². The lowest BCUT2D eigenvalue weighted by Gasteiger charge is -2.15. The Hall–Kier alpha value is -2.31. The summed E-state index contributed by atoms with van der Waals surface area (Å²) in [6.45, 7) is 5.94. The number of aromatic nitrogens is 2. The van der Waals surface area contributed by atoms with E-state index >= 15 is 0 Å². The number of benzene rings is 2. The molecule has 0 saturated carbocycles. The maximum Gasteiger partial charge on any atom is 0.277 e. The lowest BCUT2D eigenvalue weighted by atomic mass is 10.1. The Bertz CT molecular complexity index is 938. The number of halogens is 1. The van der Waals surface area contributed by atoms with E-state index in [1.165, 1.54) is 11.8 Å². The Balaban J connectivity index is 1.58. The molecule has 0 aliphatic heterocycles. The number of aryl methyl sites for hydroxylation is 2. The summed E-state index contributed by atoms with van der Waals surface area (Å²) in [4.78, 5) is 12.2. The maximum atomic E-state index is 12.2. The van der Waals surface area contributed by atoms with Gasteiger partial charge in [0.15, 0.2) is 0 Å². The molecule has 0 radical (unpaired) electrons. The third-order valence-electron chi connectivity index (χ3n) is 3.95. The van der Waals surface area contributed by atoms with Crippen molar-refractivity contribution in [3.05, 3.63) is 64.2 Å². The monoisotopic (exact) mass is 401 g/mol. The average Bonchev–Trinajstić information content (AvgIpc) is 3.08. The van der Waals surface area contributed by atoms with Gasteiger partial charge in [-0.1, -0.05) is 58.8 Å². The normalized spacial score (nSPS) is 12.0. The summed E-state index contributed by atoms with van der Waals surface area (Å²) in [6.07, 6.45) is 0. The molecular weight excluding hydrogens is 382 g/mol. The summed E-state index contributed by atoms with van der Waals surface area (Å²) in [7, 11) is 0. The van der Waals surface area contributed by atoms with Gasteiger partial charge in [0.2, 0.25) is 11.8 Å². The summed E-state index contributed by atoms with van der Waals surface area (Å²) in [5.74, 6) is 0.510. The minimum Gasteiger partial charge on any atom is -0.411 e. The summed E-state index contributed by atoms with van der Waals surface area (Å²) >= 11 is 7.38. The van der Waals surface area contributed by atoms with Gasteiger partial charge in [0.25, 0.3) is 5.22 Å². The number of hydrogen-bond donors (Lipinski definition) is 1. The number of carbonyl (C=O) groups is 1. The van der Waals surface area contributed by atoms with Gasteiger partial charge in [-0.25, -0.2) is 0 Å². The van der Waals surface area contributed by atoms with E-state index in [4.69, 9.17) is 16.0 Å². The first kappa shape index (κ1) is 19.5. The van der Waals surface area contributed by atoms with Crippen molar-refractivity contribution in [2.24, 2.45) is 0 Å². The summed E-state index contributed by atoms with van der Waals surface area (Å²) in [5.41, 5.74) is 4.02. The molecule has 7 heteroatoms. The van der Waals surface area contributed by atoms with E-state index in [0.29, 0.717) is 16.1 Å². The largest absolute Gasteiger partial charge is 0.411 e. The van der Waals surface area contributed by atoms with E-state index < -0.39 is 0 Å². The highest BCUT2D eigenvalue weighted by molar-refractivity contribution is 7.99. The number of nitrogens with one attached hydrogen (secondary N) is 1. The second kappa shape index (κ2) is 8.59. The third-order valence-corrected chi connectivity index (χ3v) is 5.11. The highest BCUT2D eigenvalue weighted by atomic mass is 35.5. The van der Waals surface area contributed by atoms with Crippen LogP contribution in [0.3, 0.4) is 0 Å². The van der Waals surface area contributed by atoms with Crippen LogP contribution in [0.5, 0.6) is 0 Å². The number of rotatable bonds is 6. The Morgan fingerprint density at radius 1 is 1.19 bits per heavy atom. The van der Waals surface area contributed by atoms with Gasteiger partial charge >= 0.3 is 0 Å². The van der Waals surface area contributed by atoms with Gasteiger partial charge in [0, 0.05) is 10.6 Å². The average molecular weight is 402 g/mol. The molecule has 3 aromatic rings. The van der Waals surface area contributed by atoms with Crippen molar-refractivity contribution in [2.45, 2.75) is 32.0 Å². The number of carbonyl (C=O) groups excluding carboxylic acids is 1. The molecule has 1 heterocycles. The van der Waals surface area contributed by atoms with Crippen molar-refractivity contribution < 1.29 is 9.21 Å². The zero-order chi connectivity index (χ0) is 19.4. The van der Waals surface area contributed by atoms with Gasteiger partial charge in [-0.3, -0.25) is 4.79 Å². The SMILES string of the molecule is Cc1cc(C)cc(-c2nnc(SCC(=O)N[C@@H](C)c3ccccc3Cl)o2)c1. The molecule has 0 unspecified atom stereocenters. The molecular formula is C20H20ClN3O2S. The Morgan fingerprint density at radius 2 is 1.89 bits per heavy atom. The van der Waals surface area contributed by atoms with Crippen molar-refractivity contribution in [3.8, 4) is 11.5 Å². The lowest BCUT2D eigenvalue weighted by Crippen LogP contribution is -2.28. The van der Waals surface area contributed by atoms with Gasteiger partial charge in [-0.2, -0.15) is 0 Å². The molecule has 2 aromatic carbocycles. The van der Waals surface area contributed by atoms with E-state index in [1.54, 1.807) is 6.07 Å². The van der Waals surface area contributed by atoms with Crippen LogP contribution in [0.25, 0.3) is 11.5 Å². The van der Waals surface area contributed by atoms with Crippen molar-refractivity contribution in [2.75, 3.05) is 5.75 Å². The van der Waals surface area contributed by atoms with Crippen LogP contribution in [0, 0.1) is 13.8 Å². The molecule has 0 fully saturated rings. The molecule has 0 aliphatic rings. The summed E-state index contributed by atoms with van der Waals surface area (Å²) in [5, 5.41) is 12.0. The summed E-state index contributed by atoms with van der Waals surface area (Å²) in [6, 6.07) is 13.3. The predicted octanol–water partition coefficient (Wildman–Crippen LogP) is 4.98. The van der Waals surface area contributed by atoms with E-state index in [9.17, 15) is 4.79 Å². The molecule has 0 aliphatic carbocycles. The molecule has 27 heavy (non-hydrogen) atoms. The van der Waals surface area contributed by atoms with Crippen molar-refractivity contribution in [1.29, 1.82) is 0 Å². The van der Waals surface area contributed by atoms with Crippen LogP contribution >= 0.6 is 23.4 Å². The quantitative estimate of drug-likeness (QED) is 0.590. The molecule has 0 spiro atoms. The fraction of sp³-hybridized carbons (Fsp3) is 0.250. The van der Waals surface area contributed by atoms with Gasteiger partial charge in [0.1, 0.15) is 0 Å². The number of nitrogens with zero attached hydrogens (tertiary/aromatic N) is 2. The number of thioether (sulfide) groups is 1. The van der Waals surface area contributed by atoms with Gasteiger partial charge < -0.3 is 9.73 Å². The first-order valence-electron chi connectivity index (χ1n) is 8.51. The van der Waals surface area contributed by atoms with Crippen LogP contribution < -0.4 is 5.32 Å². The highest BCUT2D eigenvalue weighted by Gasteiger charge is 2.15. The van der Waals surface area contributed by atoms with Gasteiger partial charge in [-0.05, 0) is 44.5 Å². The van der Waals surface area contributed by atoms with Crippen LogP contribution in [0.1, 0.15) is 29.7 Å². The lowest BCUT2D eigenvalue weighted by molar-refractivity contribution is -0.119. The molecule has 3 rings (SSSR count). The Labute approximate surface area is 167 Å². The topological polar surface area (TPSA) is 68.0 Å². The minimum absolute atomic E-state index is 0.126. The molecule has 1 aromatic heterocycles. The second-order valence-electron chi connectivity index (χ2n) is 6.35. The van der Waals surface area contributed by atoms with Crippen molar-refractivity contribution >= 4 is 29.3 Å². The fourth-order valence-electron chi connectivity index (χ4n) is 2.80. The van der Waals surface area contributed by atoms with Crippen molar-refractivity contribution in [1.82, 2.24) is 15.5 Å². The third kappa shape index (κ3) is 5.11. The molecule has 5 nitrogen and oxygen atoms in total. The van der Waals surface area contributed by atoms with Crippen LogP contribution in [0.15, 0.2) is 52.1 Å². The fourth-order valence-corrected chi connectivity index (χ4v) is 3.67. The highest BCUT2D eigenvalue weighted by Crippen LogP contribution is 2.25. The smallest absolute Gasteiger partial charge is 0.277 e. The zero-order valence-electron chi connectivity index (χ0n) is 15.3. The predicted molar refractivity (Wildman–Crippen MR) is 108 cm³/mol. The molecule has 1 amide bonds. The van der Waals surface area contributed by atoms with E-state index in [0.717, 1.165) is 22.3 Å². The Kier molecular flexibility index (Phi) is 6.19. The van der Waals surface area contributed by atoms with E-state index in [2.05, 4.69) is 21.6 Å².